The van der Waals surface area contributed by atoms with Gasteiger partial charge in [0, 0.05) is 18.7 Å². The molecule has 0 aliphatic rings. The van der Waals surface area contributed by atoms with E-state index in [0.29, 0.717) is 25.3 Å². The normalized spacial score (nSPS) is 12.1. The number of carbonyl (C=O) groups is 1. The Hall–Kier alpha value is -2.24. The highest BCUT2D eigenvalue weighted by molar-refractivity contribution is 7.16. The molecule has 0 spiro atoms. The van der Waals surface area contributed by atoms with Crippen molar-refractivity contribution in [2.75, 3.05) is 13.2 Å². The largest absolute Gasteiger partial charge is 0.380 e. The van der Waals surface area contributed by atoms with E-state index in [-0.39, 0.29) is 5.91 Å². The second-order valence-electron chi connectivity index (χ2n) is 6.44. The minimum Gasteiger partial charge on any atom is -0.380 e. The van der Waals surface area contributed by atoms with Crippen LogP contribution in [0.3, 0.4) is 0 Å². The molecule has 1 heterocycles. The minimum atomic E-state index is -0.212. The molecular weight excluding hydrogens is 344 g/mol. The second kappa shape index (κ2) is 7.98. The molecule has 4 nitrogen and oxygen atoms in total. The summed E-state index contributed by atoms with van der Waals surface area (Å²) in [6.07, 6.45) is 0. The molecule has 0 bridgehead atoms. The van der Waals surface area contributed by atoms with E-state index in [0.717, 1.165) is 20.6 Å². The number of aromatic nitrogens is 1. The van der Waals surface area contributed by atoms with E-state index in [1.165, 1.54) is 11.1 Å². The van der Waals surface area contributed by atoms with Crippen molar-refractivity contribution in [1.29, 1.82) is 0 Å². The molecule has 2 aromatic carbocycles. The topological polar surface area (TPSA) is 43.6 Å². The highest BCUT2D eigenvalue weighted by Crippen LogP contribution is 2.23. The summed E-state index contributed by atoms with van der Waals surface area (Å²) in [5.41, 5.74) is 5.27. The number of benzene rings is 2. The number of thiazole rings is 1. The van der Waals surface area contributed by atoms with Crippen LogP contribution in [-0.2, 0) is 11.3 Å². The van der Waals surface area contributed by atoms with Crippen LogP contribution < -0.4 is 4.80 Å². The summed E-state index contributed by atoms with van der Waals surface area (Å²) in [4.78, 5) is 17.8. The highest BCUT2D eigenvalue weighted by Gasteiger charge is 2.12. The van der Waals surface area contributed by atoms with Crippen LogP contribution in [-0.4, -0.2) is 23.7 Å². The molecule has 0 atom stereocenters. The van der Waals surface area contributed by atoms with Crippen LogP contribution in [0.4, 0.5) is 0 Å². The third-order valence-corrected chi connectivity index (χ3v) is 5.30. The molecule has 0 unspecified atom stereocenters. The predicted molar refractivity (Wildman–Crippen MR) is 107 cm³/mol. The van der Waals surface area contributed by atoms with Crippen molar-refractivity contribution >= 4 is 27.5 Å². The van der Waals surface area contributed by atoms with Crippen LogP contribution in [0, 0.1) is 20.8 Å². The smallest absolute Gasteiger partial charge is 0.279 e. The third-order valence-electron chi connectivity index (χ3n) is 4.27. The van der Waals surface area contributed by atoms with E-state index in [9.17, 15) is 4.79 Å². The molecule has 1 amide bonds. The van der Waals surface area contributed by atoms with E-state index in [2.05, 4.69) is 35.5 Å². The Morgan fingerprint density at radius 3 is 2.54 bits per heavy atom. The van der Waals surface area contributed by atoms with E-state index < -0.39 is 0 Å². The average molecular weight is 369 g/mol. The number of ether oxygens (including phenoxy) is 1. The van der Waals surface area contributed by atoms with Gasteiger partial charge in [0.1, 0.15) is 0 Å². The van der Waals surface area contributed by atoms with Gasteiger partial charge < -0.3 is 9.30 Å². The quantitative estimate of drug-likeness (QED) is 0.626. The third kappa shape index (κ3) is 3.94. The van der Waals surface area contributed by atoms with Crippen molar-refractivity contribution in [3.63, 3.8) is 0 Å². The lowest BCUT2D eigenvalue weighted by Gasteiger charge is -2.08. The molecule has 0 N–H and O–H groups in total. The standard InChI is InChI=1S/C21H24N2O2S/c1-5-25-11-10-23-19-16(4)12-15(3)13-18(19)26-21(23)22-20(24)17-8-6-14(2)7-9-17/h6-9,12-13H,5,10-11H2,1-4H3. The minimum absolute atomic E-state index is 0.212. The van der Waals surface area contributed by atoms with Crippen molar-refractivity contribution in [1.82, 2.24) is 4.57 Å². The summed E-state index contributed by atoms with van der Waals surface area (Å²) in [6.45, 7) is 10.1. The van der Waals surface area contributed by atoms with E-state index >= 15 is 0 Å². The number of nitrogens with zero attached hydrogens (tertiary/aromatic N) is 2. The van der Waals surface area contributed by atoms with Crippen molar-refractivity contribution in [3.8, 4) is 0 Å². The summed E-state index contributed by atoms with van der Waals surface area (Å²) in [6, 6.07) is 11.8. The lowest BCUT2D eigenvalue weighted by Crippen LogP contribution is -2.20. The fraction of sp³-hybridized carbons (Fsp3) is 0.333. The molecule has 5 heteroatoms. The van der Waals surface area contributed by atoms with Gasteiger partial charge in [0.25, 0.3) is 5.91 Å². The van der Waals surface area contributed by atoms with Gasteiger partial charge in [-0.05, 0) is 57.0 Å². The number of hydrogen-bond donors (Lipinski definition) is 0. The molecule has 1 aromatic heterocycles. The second-order valence-corrected chi connectivity index (χ2v) is 7.45. The van der Waals surface area contributed by atoms with E-state index in [1.807, 2.05) is 38.1 Å². The first-order valence-electron chi connectivity index (χ1n) is 8.83. The number of hydrogen-bond acceptors (Lipinski definition) is 3. The summed E-state index contributed by atoms with van der Waals surface area (Å²) in [5, 5.41) is 0. The van der Waals surface area contributed by atoms with Crippen LogP contribution >= 0.6 is 11.3 Å². The number of amides is 1. The van der Waals surface area contributed by atoms with E-state index in [1.54, 1.807) is 11.3 Å². The SMILES string of the molecule is CCOCCn1c(=NC(=O)c2ccc(C)cc2)sc2cc(C)cc(C)c21. The molecule has 3 rings (SSSR count). The zero-order chi connectivity index (χ0) is 18.7. The van der Waals surface area contributed by atoms with Gasteiger partial charge in [-0.3, -0.25) is 4.79 Å². The van der Waals surface area contributed by atoms with Crippen molar-refractivity contribution in [2.45, 2.75) is 34.2 Å². The molecule has 0 saturated carbocycles. The molecule has 136 valence electrons. The Morgan fingerprint density at radius 1 is 1.12 bits per heavy atom. The van der Waals surface area contributed by atoms with Gasteiger partial charge >= 0.3 is 0 Å². The first kappa shape index (κ1) is 18.5. The lowest BCUT2D eigenvalue weighted by molar-refractivity contribution is 0.0996. The van der Waals surface area contributed by atoms with Gasteiger partial charge in [0.15, 0.2) is 4.80 Å². The first-order chi connectivity index (χ1) is 12.5. The van der Waals surface area contributed by atoms with Gasteiger partial charge in [-0.2, -0.15) is 4.99 Å². The maximum Gasteiger partial charge on any atom is 0.279 e. The van der Waals surface area contributed by atoms with Crippen molar-refractivity contribution in [2.24, 2.45) is 4.99 Å². The molecule has 0 aliphatic carbocycles. The van der Waals surface area contributed by atoms with Crippen molar-refractivity contribution < 1.29 is 9.53 Å². The predicted octanol–water partition coefficient (Wildman–Crippen LogP) is 4.41. The molecular formula is C21H24N2O2S. The number of aryl methyl sites for hydroxylation is 3. The van der Waals surface area contributed by atoms with Crippen LogP contribution in [0.25, 0.3) is 10.2 Å². The Bertz CT molecular complexity index is 997. The van der Waals surface area contributed by atoms with Gasteiger partial charge in [0.2, 0.25) is 0 Å². The van der Waals surface area contributed by atoms with Crippen LogP contribution in [0.5, 0.6) is 0 Å². The zero-order valence-corrected chi connectivity index (χ0v) is 16.5. The average Bonchev–Trinajstić information content (AvgIpc) is 2.93. The van der Waals surface area contributed by atoms with Crippen molar-refractivity contribution in [3.05, 3.63) is 63.5 Å². The number of carbonyl (C=O) groups excluding carboxylic acids is 1. The lowest BCUT2D eigenvalue weighted by atomic mass is 10.1. The highest BCUT2D eigenvalue weighted by atomic mass is 32.1. The van der Waals surface area contributed by atoms with Gasteiger partial charge in [0.05, 0.1) is 16.8 Å². The maximum atomic E-state index is 12.6. The zero-order valence-electron chi connectivity index (χ0n) is 15.7. The summed E-state index contributed by atoms with van der Waals surface area (Å²) in [7, 11) is 0. The summed E-state index contributed by atoms with van der Waals surface area (Å²) in [5.74, 6) is -0.212. The fourth-order valence-electron chi connectivity index (χ4n) is 3.03. The van der Waals surface area contributed by atoms with Gasteiger partial charge in [-0.1, -0.05) is 35.1 Å². The Kier molecular flexibility index (Phi) is 5.69. The van der Waals surface area contributed by atoms with Crippen LogP contribution in [0.1, 0.15) is 34.0 Å². The Balaban J connectivity index is 2.10. The molecule has 0 radical (unpaired) electrons. The Labute approximate surface area is 157 Å². The summed E-state index contributed by atoms with van der Waals surface area (Å²) < 4.78 is 8.79. The van der Waals surface area contributed by atoms with E-state index in [4.69, 9.17) is 4.74 Å². The molecule has 0 aliphatic heterocycles. The monoisotopic (exact) mass is 368 g/mol. The summed E-state index contributed by atoms with van der Waals surface area (Å²) >= 11 is 1.56. The van der Waals surface area contributed by atoms with Gasteiger partial charge in [-0.15, -0.1) is 0 Å². The van der Waals surface area contributed by atoms with Crippen LogP contribution in [0.2, 0.25) is 0 Å². The van der Waals surface area contributed by atoms with Gasteiger partial charge in [-0.25, -0.2) is 0 Å². The molecule has 0 saturated heterocycles. The van der Waals surface area contributed by atoms with Crippen LogP contribution in [0.15, 0.2) is 41.4 Å². The fourth-order valence-corrected chi connectivity index (χ4v) is 4.26. The molecule has 0 fully saturated rings. The number of rotatable bonds is 5. The Morgan fingerprint density at radius 2 is 1.85 bits per heavy atom. The number of fused-ring (bicyclic) bond motifs is 1. The molecule has 26 heavy (non-hydrogen) atoms. The molecule has 3 aromatic rings. The maximum absolute atomic E-state index is 12.6. The first-order valence-corrected chi connectivity index (χ1v) is 9.65.